The van der Waals surface area contributed by atoms with Crippen LogP contribution in [0.25, 0.3) is 0 Å². The monoisotopic (exact) mass is 141 g/mol. The first-order valence-electron chi connectivity index (χ1n) is 4.11. The highest BCUT2D eigenvalue weighted by Gasteiger charge is 2.44. The van der Waals surface area contributed by atoms with Gasteiger partial charge >= 0.3 is 0 Å². The third kappa shape index (κ3) is 1.07. The predicted molar refractivity (Wildman–Crippen MR) is 44.8 cm³/mol. The molecule has 1 heteroatoms. The van der Waals surface area contributed by atoms with Gasteiger partial charge in [-0.3, -0.25) is 0 Å². The molecule has 0 radical (unpaired) electrons. The summed E-state index contributed by atoms with van der Waals surface area (Å²) in [5, 5.41) is 0. The van der Waals surface area contributed by atoms with E-state index in [0.717, 1.165) is 0 Å². The molecule has 0 atom stereocenters. The van der Waals surface area contributed by atoms with Crippen LogP contribution in [0, 0.1) is 10.8 Å². The zero-order chi connectivity index (χ0) is 7.99. The van der Waals surface area contributed by atoms with Crippen LogP contribution in [0.15, 0.2) is 0 Å². The van der Waals surface area contributed by atoms with Crippen LogP contribution in [-0.2, 0) is 0 Å². The van der Waals surface area contributed by atoms with E-state index in [1.165, 1.54) is 12.8 Å². The van der Waals surface area contributed by atoms with Crippen molar-refractivity contribution in [2.45, 2.75) is 46.6 Å². The van der Waals surface area contributed by atoms with Gasteiger partial charge in [-0.1, -0.05) is 27.7 Å². The van der Waals surface area contributed by atoms with Crippen molar-refractivity contribution >= 4 is 0 Å². The molecule has 1 rings (SSSR count). The molecule has 1 saturated carbocycles. The van der Waals surface area contributed by atoms with E-state index >= 15 is 0 Å². The second-order valence-corrected chi connectivity index (χ2v) is 4.94. The van der Waals surface area contributed by atoms with E-state index in [0.29, 0.717) is 16.9 Å². The molecule has 0 unspecified atom stereocenters. The van der Waals surface area contributed by atoms with Gasteiger partial charge in [0.2, 0.25) is 0 Å². The van der Waals surface area contributed by atoms with Crippen molar-refractivity contribution in [3.63, 3.8) is 0 Å². The molecule has 0 spiro atoms. The first-order valence-corrected chi connectivity index (χ1v) is 4.11. The molecule has 0 aromatic rings. The van der Waals surface area contributed by atoms with Crippen molar-refractivity contribution < 1.29 is 0 Å². The van der Waals surface area contributed by atoms with Crippen LogP contribution in [0.1, 0.15) is 40.5 Å². The molecule has 0 amide bonds. The normalized spacial score (nSPS) is 30.9. The molecular formula is C9H19N. The van der Waals surface area contributed by atoms with Gasteiger partial charge in [0.15, 0.2) is 0 Å². The number of rotatable bonds is 0. The highest BCUT2D eigenvalue weighted by atomic mass is 14.7. The Kier molecular flexibility index (Phi) is 1.59. The Balaban J connectivity index is 2.78. The quantitative estimate of drug-likeness (QED) is 0.549. The van der Waals surface area contributed by atoms with E-state index in [1.54, 1.807) is 0 Å². The molecule has 0 bridgehead atoms. The number of nitrogens with two attached hydrogens (primary N) is 1. The summed E-state index contributed by atoms with van der Waals surface area (Å²) in [6.07, 6.45) is 2.36. The topological polar surface area (TPSA) is 26.0 Å². The summed E-state index contributed by atoms with van der Waals surface area (Å²) in [5.74, 6) is 0. The summed E-state index contributed by atoms with van der Waals surface area (Å²) >= 11 is 0. The van der Waals surface area contributed by atoms with Gasteiger partial charge < -0.3 is 5.73 Å². The molecule has 1 aliphatic rings. The Labute approximate surface area is 64.0 Å². The lowest BCUT2D eigenvalue weighted by atomic mass is 9.71. The van der Waals surface area contributed by atoms with Crippen LogP contribution in [0.5, 0.6) is 0 Å². The molecule has 60 valence electrons. The fourth-order valence-electron chi connectivity index (χ4n) is 1.94. The third-order valence-electron chi connectivity index (χ3n) is 3.38. The van der Waals surface area contributed by atoms with Gasteiger partial charge in [-0.25, -0.2) is 0 Å². The van der Waals surface area contributed by atoms with Crippen molar-refractivity contribution in [2.24, 2.45) is 16.6 Å². The lowest BCUT2D eigenvalue weighted by Gasteiger charge is -2.34. The maximum atomic E-state index is 5.89. The summed E-state index contributed by atoms with van der Waals surface area (Å²) in [6.45, 7) is 9.28. The van der Waals surface area contributed by atoms with Crippen LogP contribution >= 0.6 is 0 Å². The second kappa shape index (κ2) is 1.97. The van der Waals surface area contributed by atoms with Crippen molar-refractivity contribution in [1.29, 1.82) is 0 Å². The molecule has 0 heterocycles. The average Bonchev–Trinajstić information content (AvgIpc) is 1.73. The van der Waals surface area contributed by atoms with Gasteiger partial charge in [0, 0.05) is 6.04 Å². The Morgan fingerprint density at radius 3 is 1.40 bits per heavy atom. The Morgan fingerprint density at radius 2 is 1.30 bits per heavy atom. The smallest absolute Gasteiger partial charge is 0.00493 e. The van der Waals surface area contributed by atoms with E-state index in [4.69, 9.17) is 5.73 Å². The van der Waals surface area contributed by atoms with Crippen LogP contribution in [-0.4, -0.2) is 6.04 Å². The fourth-order valence-corrected chi connectivity index (χ4v) is 1.94. The molecule has 0 aromatic heterocycles. The standard InChI is InChI=1S/C9H19N/c1-8(2)5-7(10)6-9(8,3)4/h7H,5-6,10H2,1-4H3. The molecule has 0 saturated heterocycles. The maximum Gasteiger partial charge on any atom is 0.00493 e. The van der Waals surface area contributed by atoms with Crippen LogP contribution in [0.3, 0.4) is 0 Å². The first-order chi connectivity index (χ1) is 4.35. The van der Waals surface area contributed by atoms with E-state index in [-0.39, 0.29) is 0 Å². The molecule has 1 fully saturated rings. The lowest BCUT2D eigenvalue weighted by molar-refractivity contribution is 0.157. The molecular weight excluding hydrogens is 122 g/mol. The number of hydrogen-bond donors (Lipinski definition) is 1. The van der Waals surface area contributed by atoms with Crippen molar-refractivity contribution in [2.75, 3.05) is 0 Å². The zero-order valence-electron chi connectivity index (χ0n) is 7.57. The van der Waals surface area contributed by atoms with Gasteiger partial charge in [-0.15, -0.1) is 0 Å². The van der Waals surface area contributed by atoms with Crippen molar-refractivity contribution in [3.05, 3.63) is 0 Å². The van der Waals surface area contributed by atoms with Crippen LogP contribution in [0.2, 0.25) is 0 Å². The average molecular weight is 141 g/mol. The third-order valence-corrected chi connectivity index (χ3v) is 3.38. The van der Waals surface area contributed by atoms with Crippen LogP contribution < -0.4 is 5.73 Å². The van der Waals surface area contributed by atoms with Crippen molar-refractivity contribution in [3.8, 4) is 0 Å². The molecule has 0 aromatic carbocycles. The molecule has 10 heavy (non-hydrogen) atoms. The minimum atomic E-state index is 0.435. The van der Waals surface area contributed by atoms with E-state index < -0.39 is 0 Å². The predicted octanol–water partition coefficient (Wildman–Crippen LogP) is 2.16. The highest BCUT2D eigenvalue weighted by molar-refractivity contribution is 4.97. The van der Waals surface area contributed by atoms with Gasteiger partial charge in [-0.05, 0) is 23.7 Å². The Morgan fingerprint density at radius 1 is 1.00 bits per heavy atom. The minimum Gasteiger partial charge on any atom is -0.328 e. The summed E-state index contributed by atoms with van der Waals surface area (Å²) in [6, 6.07) is 0.435. The number of hydrogen-bond acceptors (Lipinski definition) is 1. The molecule has 1 nitrogen and oxygen atoms in total. The SMILES string of the molecule is CC1(C)CC(N)CC1(C)C. The molecule has 0 aliphatic heterocycles. The lowest BCUT2D eigenvalue weighted by Crippen LogP contribution is -2.25. The summed E-state index contributed by atoms with van der Waals surface area (Å²) in [5.41, 5.74) is 6.76. The van der Waals surface area contributed by atoms with Gasteiger partial charge in [0.25, 0.3) is 0 Å². The van der Waals surface area contributed by atoms with Gasteiger partial charge in [-0.2, -0.15) is 0 Å². The van der Waals surface area contributed by atoms with Crippen LogP contribution in [0.4, 0.5) is 0 Å². The van der Waals surface area contributed by atoms with E-state index in [1.807, 2.05) is 0 Å². The maximum absolute atomic E-state index is 5.89. The Hall–Kier alpha value is -0.0400. The molecule has 1 aliphatic carbocycles. The zero-order valence-corrected chi connectivity index (χ0v) is 7.57. The highest BCUT2D eigenvalue weighted by Crippen LogP contribution is 2.51. The minimum absolute atomic E-state index is 0.435. The van der Waals surface area contributed by atoms with E-state index in [9.17, 15) is 0 Å². The summed E-state index contributed by atoms with van der Waals surface area (Å²) in [7, 11) is 0. The van der Waals surface area contributed by atoms with Crippen molar-refractivity contribution in [1.82, 2.24) is 0 Å². The largest absolute Gasteiger partial charge is 0.328 e. The fraction of sp³-hybridized carbons (Fsp3) is 1.00. The Bertz CT molecular complexity index is 120. The van der Waals surface area contributed by atoms with E-state index in [2.05, 4.69) is 27.7 Å². The summed E-state index contributed by atoms with van der Waals surface area (Å²) < 4.78 is 0. The van der Waals surface area contributed by atoms with Gasteiger partial charge in [0.1, 0.15) is 0 Å². The summed E-state index contributed by atoms with van der Waals surface area (Å²) in [4.78, 5) is 0. The first kappa shape index (κ1) is 8.06. The molecule has 2 N–H and O–H groups in total. The van der Waals surface area contributed by atoms with Gasteiger partial charge in [0.05, 0.1) is 0 Å². The second-order valence-electron chi connectivity index (χ2n) is 4.94.